The number of aromatic nitrogens is 3. The molecule has 3 rings (SSSR count). The second-order valence-electron chi connectivity index (χ2n) is 5.20. The van der Waals surface area contributed by atoms with E-state index in [0.717, 1.165) is 28.2 Å². The molecule has 1 heterocycles. The van der Waals surface area contributed by atoms with E-state index in [-0.39, 0.29) is 0 Å². The molecule has 0 N–H and O–H groups in total. The first-order valence-corrected chi connectivity index (χ1v) is 8.56. The molecular weight excluding hydrogens is 322 g/mol. The predicted molar refractivity (Wildman–Crippen MR) is 94.3 cm³/mol. The molecule has 0 saturated carbocycles. The maximum absolute atomic E-state index is 5.78. The van der Waals surface area contributed by atoms with Crippen LogP contribution in [0.25, 0.3) is 0 Å². The maximum atomic E-state index is 5.78. The summed E-state index contributed by atoms with van der Waals surface area (Å²) in [5, 5.41) is 9.35. The zero-order chi connectivity index (χ0) is 16.8. The van der Waals surface area contributed by atoms with Crippen LogP contribution in [-0.2, 0) is 19.4 Å². The lowest BCUT2D eigenvalue weighted by Crippen LogP contribution is -2.04. The van der Waals surface area contributed by atoms with Gasteiger partial charge in [0.05, 0.1) is 7.11 Å². The van der Waals surface area contributed by atoms with Gasteiger partial charge in [0.1, 0.15) is 18.1 Å². The number of rotatable bonds is 7. The number of benzene rings is 2. The maximum Gasteiger partial charge on any atom is 0.191 e. The Hall–Kier alpha value is -2.47. The average Bonchev–Trinajstić information content (AvgIpc) is 2.99. The largest absolute Gasteiger partial charge is 0.497 e. The van der Waals surface area contributed by atoms with Crippen molar-refractivity contribution < 1.29 is 9.47 Å². The van der Waals surface area contributed by atoms with Crippen molar-refractivity contribution >= 4 is 11.8 Å². The minimum atomic E-state index is 0.364. The van der Waals surface area contributed by atoms with Gasteiger partial charge in [0, 0.05) is 18.9 Å². The molecule has 0 fully saturated rings. The van der Waals surface area contributed by atoms with E-state index in [0.29, 0.717) is 6.61 Å². The Labute approximate surface area is 145 Å². The van der Waals surface area contributed by atoms with Gasteiger partial charge in [0.2, 0.25) is 0 Å². The van der Waals surface area contributed by atoms with Crippen molar-refractivity contribution in [3.8, 4) is 11.5 Å². The molecule has 0 aliphatic heterocycles. The third-order valence-electron chi connectivity index (χ3n) is 3.54. The van der Waals surface area contributed by atoms with Crippen LogP contribution in [0.1, 0.15) is 11.4 Å². The SMILES string of the molecule is COc1cccc(OCc2nnc(SCc3ccccc3)n2C)c1. The number of ether oxygens (including phenoxy) is 2. The highest BCUT2D eigenvalue weighted by Crippen LogP contribution is 2.22. The summed E-state index contributed by atoms with van der Waals surface area (Å²) in [6, 6.07) is 17.8. The summed E-state index contributed by atoms with van der Waals surface area (Å²) >= 11 is 1.66. The molecule has 0 unspecified atom stereocenters. The summed E-state index contributed by atoms with van der Waals surface area (Å²) in [5.74, 6) is 3.16. The zero-order valence-corrected chi connectivity index (χ0v) is 14.5. The summed E-state index contributed by atoms with van der Waals surface area (Å²) in [5.41, 5.74) is 1.26. The lowest BCUT2D eigenvalue weighted by atomic mass is 10.2. The minimum absolute atomic E-state index is 0.364. The van der Waals surface area contributed by atoms with E-state index < -0.39 is 0 Å². The lowest BCUT2D eigenvalue weighted by Gasteiger charge is -2.08. The highest BCUT2D eigenvalue weighted by Gasteiger charge is 2.10. The molecule has 5 nitrogen and oxygen atoms in total. The summed E-state index contributed by atoms with van der Waals surface area (Å²) in [7, 11) is 3.59. The first-order valence-electron chi connectivity index (χ1n) is 7.58. The smallest absolute Gasteiger partial charge is 0.191 e. The van der Waals surface area contributed by atoms with Gasteiger partial charge in [-0.05, 0) is 17.7 Å². The van der Waals surface area contributed by atoms with Gasteiger partial charge in [-0.2, -0.15) is 0 Å². The number of nitrogens with zero attached hydrogens (tertiary/aromatic N) is 3. The van der Waals surface area contributed by atoms with Gasteiger partial charge in [0.15, 0.2) is 11.0 Å². The molecule has 2 aromatic carbocycles. The summed E-state index contributed by atoms with van der Waals surface area (Å²) in [6.07, 6.45) is 0. The standard InChI is InChI=1S/C18H19N3O2S/c1-21-17(12-23-16-10-6-9-15(11-16)22-2)19-20-18(21)24-13-14-7-4-3-5-8-14/h3-11H,12-13H2,1-2H3. The molecular formula is C18H19N3O2S. The number of thioether (sulfide) groups is 1. The van der Waals surface area contributed by atoms with Crippen LogP contribution in [0.4, 0.5) is 0 Å². The molecule has 3 aromatic rings. The molecule has 0 amide bonds. The van der Waals surface area contributed by atoms with Crippen LogP contribution in [0, 0.1) is 0 Å². The second kappa shape index (κ2) is 7.88. The van der Waals surface area contributed by atoms with Gasteiger partial charge in [-0.25, -0.2) is 0 Å². The molecule has 0 spiro atoms. The van der Waals surface area contributed by atoms with Crippen LogP contribution >= 0.6 is 11.8 Å². The quantitative estimate of drug-likeness (QED) is 0.613. The molecule has 0 bridgehead atoms. The Morgan fingerprint density at radius 1 is 1.00 bits per heavy atom. The van der Waals surface area contributed by atoms with Gasteiger partial charge >= 0.3 is 0 Å². The van der Waals surface area contributed by atoms with Crippen LogP contribution in [0.5, 0.6) is 11.5 Å². The molecule has 0 aliphatic carbocycles. The van der Waals surface area contributed by atoms with Crippen LogP contribution in [-0.4, -0.2) is 21.9 Å². The van der Waals surface area contributed by atoms with Crippen LogP contribution in [0.15, 0.2) is 59.8 Å². The minimum Gasteiger partial charge on any atom is -0.497 e. The first kappa shape index (κ1) is 16.4. The molecule has 124 valence electrons. The summed E-state index contributed by atoms with van der Waals surface area (Å²) < 4.78 is 12.9. The Morgan fingerprint density at radius 3 is 2.58 bits per heavy atom. The number of methoxy groups -OCH3 is 1. The van der Waals surface area contributed by atoms with E-state index in [1.807, 2.05) is 54.1 Å². The highest BCUT2D eigenvalue weighted by atomic mass is 32.2. The van der Waals surface area contributed by atoms with Crippen molar-refractivity contribution in [1.82, 2.24) is 14.8 Å². The van der Waals surface area contributed by atoms with Gasteiger partial charge < -0.3 is 14.0 Å². The average molecular weight is 341 g/mol. The van der Waals surface area contributed by atoms with Crippen LogP contribution in [0.3, 0.4) is 0 Å². The highest BCUT2D eigenvalue weighted by molar-refractivity contribution is 7.98. The number of hydrogen-bond acceptors (Lipinski definition) is 5. The first-order chi connectivity index (χ1) is 11.8. The van der Waals surface area contributed by atoms with Crippen molar-refractivity contribution in [3.63, 3.8) is 0 Å². The van der Waals surface area contributed by atoms with Crippen molar-refractivity contribution in [2.75, 3.05) is 7.11 Å². The Kier molecular flexibility index (Phi) is 5.38. The molecule has 0 aliphatic rings. The van der Waals surface area contributed by atoms with Crippen molar-refractivity contribution in [2.45, 2.75) is 17.5 Å². The van der Waals surface area contributed by atoms with Gasteiger partial charge in [-0.1, -0.05) is 48.2 Å². The Balaban J connectivity index is 1.60. The van der Waals surface area contributed by atoms with E-state index in [1.165, 1.54) is 5.56 Å². The third-order valence-corrected chi connectivity index (χ3v) is 4.64. The second-order valence-corrected chi connectivity index (χ2v) is 6.14. The monoisotopic (exact) mass is 341 g/mol. The number of hydrogen-bond donors (Lipinski definition) is 0. The summed E-state index contributed by atoms with van der Waals surface area (Å²) in [4.78, 5) is 0. The van der Waals surface area contributed by atoms with Crippen molar-refractivity contribution in [2.24, 2.45) is 7.05 Å². The van der Waals surface area contributed by atoms with E-state index in [2.05, 4.69) is 22.3 Å². The molecule has 0 atom stereocenters. The molecule has 1 aromatic heterocycles. The van der Waals surface area contributed by atoms with Gasteiger partial charge in [-0.3, -0.25) is 0 Å². The Bertz CT molecular complexity index is 790. The van der Waals surface area contributed by atoms with Crippen LogP contribution in [0.2, 0.25) is 0 Å². The predicted octanol–water partition coefficient (Wildman–Crippen LogP) is 3.70. The molecule has 6 heteroatoms. The topological polar surface area (TPSA) is 49.2 Å². The fraction of sp³-hybridized carbons (Fsp3) is 0.222. The third kappa shape index (κ3) is 4.08. The fourth-order valence-corrected chi connectivity index (χ4v) is 3.04. The zero-order valence-electron chi connectivity index (χ0n) is 13.7. The lowest BCUT2D eigenvalue weighted by molar-refractivity contribution is 0.288. The molecule has 0 saturated heterocycles. The molecule has 0 radical (unpaired) electrons. The van der Waals surface area contributed by atoms with E-state index in [4.69, 9.17) is 9.47 Å². The fourth-order valence-electron chi connectivity index (χ4n) is 2.16. The van der Waals surface area contributed by atoms with Crippen LogP contribution < -0.4 is 9.47 Å². The Morgan fingerprint density at radius 2 is 1.79 bits per heavy atom. The van der Waals surface area contributed by atoms with Crippen molar-refractivity contribution in [1.29, 1.82) is 0 Å². The van der Waals surface area contributed by atoms with E-state index >= 15 is 0 Å². The van der Waals surface area contributed by atoms with Crippen molar-refractivity contribution in [3.05, 3.63) is 66.0 Å². The normalized spacial score (nSPS) is 10.6. The van der Waals surface area contributed by atoms with Gasteiger partial charge in [0.25, 0.3) is 0 Å². The van der Waals surface area contributed by atoms with E-state index in [9.17, 15) is 0 Å². The van der Waals surface area contributed by atoms with Gasteiger partial charge in [-0.15, -0.1) is 10.2 Å². The molecule has 24 heavy (non-hydrogen) atoms. The summed E-state index contributed by atoms with van der Waals surface area (Å²) in [6.45, 7) is 0.364. The van der Waals surface area contributed by atoms with E-state index in [1.54, 1.807) is 18.9 Å².